The predicted octanol–water partition coefficient (Wildman–Crippen LogP) is 2.38. The molecule has 0 bridgehead atoms. The molecule has 0 saturated carbocycles. The number of piperidine rings is 1. The van der Waals surface area contributed by atoms with Crippen molar-refractivity contribution >= 4 is 11.6 Å². The number of nitrogens with zero attached hydrogens (tertiary/aromatic N) is 2. The van der Waals surface area contributed by atoms with E-state index in [1.807, 2.05) is 6.92 Å². The molecule has 0 aromatic heterocycles. The van der Waals surface area contributed by atoms with E-state index in [1.165, 1.54) is 19.2 Å². The molecule has 1 aliphatic rings. The van der Waals surface area contributed by atoms with E-state index in [2.05, 4.69) is 0 Å². The average molecular weight is 308 g/mol. The summed E-state index contributed by atoms with van der Waals surface area (Å²) in [5.41, 5.74) is -0.209. The van der Waals surface area contributed by atoms with Gasteiger partial charge in [-0.3, -0.25) is 14.9 Å². The maximum absolute atomic E-state index is 12.2. The molecule has 0 unspecified atom stereocenters. The van der Waals surface area contributed by atoms with Gasteiger partial charge in [-0.15, -0.1) is 0 Å². The fourth-order valence-corrected chi connectivity index (χ4v) is 2.58. The monoisotopic (exact) mass is 308 g/mol. The predicted molar refractivity (Wildman–Crippen MR) is 80.2 cm³/mol. The third-order valence-corrected chi connectivity index (χ3v) is 3.84. The summed E-state index contributed by atoms with van der Waals surface area (Å²) in [5.74, 6) is 0.302. The van der Waals surface area contributed by atoms with E-state index in [-0.39, 0.29) is 30.0 Å². The zero-order valence-electron chi connectivity index (χ0n) is 12.8. The van der Waals surface area contributed by atoms with E-state index in [0.717, 1.165) is 19.3 Å². The number of carbonyl (C=O) groups excluding carboxylic acids is 1. The summed E-state index contributed by atoms with van der Waals surface area (Å²) in [6.07, 6.45) is 3.09. The molecule has 1 aromatic rings. The number of hydrogen-bond acceptors (Lipinski definition) is 5. The summed E-state index contributed by atoms with van der Waals surface area (Å²) in [4.78, 5) is 24.5. The van der Waals surface area contributed by atoms with Crippen LogP contribution in [0.25, 0.3) is 0 Å². The number of hydrogen-bond donors (Lipinski definition) is 0. The number of methoxy groups -OCH3 is 1. The maximum Gasteiger partial charge on any atom is 0.314 e. The molecule has 7 nitrogen and oxygen atoms in total. The van der Waals surface area contributed by atoms with Gasteiger partial charge in [0.15, 0.2) is 12.4 Å². The Morgan fingerprint density at radius 1 is 1.45 bits per heavy atom. The molecule has 2 rings (SSSR count). The number of amides is 1. The van der Waals surface area contributed by atoms with Gasteiger partial charge < -0.3 is 14.4 Å². The molecular formula is C15H20N2O5. The number of carbonyl (C=O) groups is 1. The van der Waals surface area contributed by atoms with Crippen molar-refractivity contribution in [2.24, 2.45) is 0 Å². The van der Waals surface area contributed by atoms with Crippen molar-refractivity contribution in [3.63, 3.8) is 0 Å². The highest BCUT2D eigenvalue weighted by atomic mass is 16.6. The molecule has 120 valence electrons. The Kier molecular flexibility index (Phi) is 5.19. The smallest absolute Gasteiger partial charge is 0.314 e. The second kappa shape index (κ2) is 7.11. The van der Waals surface area contributed by atoms with Gasteiger partial charge in [-0.2, -0.15) is 0 Å². The SMILES string of the molecule is COc1ccc(OCC(=O)N2CCCC[C@@H]2C)c([N+](=O)[O-])c1. The largest absolute Gasteiger partial charge is 0.496 e. The number of nitro groups is 1. The minimum Gasteiger partial charge on any atom is -0.496 e. The van der Waals surface area contributed by atoms with Crippen molar-refractivity contribution in [3.05, 3.63) is 28.3 Å². The number of rotatable bonds is 5. The lowest BCUT2D eigenvalue weighted by molar-refractivity contribution is -0.385. The minimum atomic E-state index is -0.550. The van der Waals surface area contributed by atoms with Crippen molar-refractivity contribution in [1.29, 1.82) is 0 Å². The first kappa shape index (κ1) is 16.1. The molecule has 1 atom stereocenters. The van der Waals surface area contributed by atoms with Gasteiger partial charge in [0, 0.05) is 12.6 Å². The van der Waals surface area contributed by atoms with Gasteiger partial charge in [0.25, 0.3) is 5.91 Å². The molecule has 22 heavy (non-hydrogen) atoms. The van der Waals surface area contributed by atoms with Crippen molar-refractivity contribution in [1.82, 2.24) is 4.90 Å². The Bertz CT molecular complexity index is 561. The summed E-state index contributed by atoms with van der Waals surface area (Å²) in [7, 11) is 1.43. The van der Waals surface area contributed by atoms with Crippen LogP contribution in [0.15, 0.2) is 18.2 Å². The van der Waals surface area contributed by atoms with Crippen molar-refractivity contribution < 1.29 is 19.2 Å². The van der Waals surface area contributed by atoms with E-state index in [9.17, 15) is 14.9 Å². The van der Waals surface area contributed by atoms with Crippen LogP contribution in [0.2, 0.25) is 0 Å². The first-order valence-corrected chi connectivity index (χ1v) is 7.27. The highest BCUT2D eigenvalue weighted by Gasteiger charge is 2.24. The summed E-state index contributed by atoms with van der Waals surface area (Å²) >= 11 is 0. The van der Waals surface area contributed by atoms with Crippen LogP contribution >= 0.6 is 0 Å². The van der Waals surface area contributed by atoms with Gasteiger partial charge in [-0.25, -0.2) is 0 Å². The van der Waals surface area contributed by atoms with Gasteiger partial charge in [0.05, 0.1) is 18.1 Å². The molecule has 0 spiro atoms. The molecule has 0 N–H and O–H groups in total. The molecule has 1 amide bonds. The minimum absolute atomic E-state index is 0.0730. The topological polar surface area (TPSA) is 81.9 Å². The number of likely N-dealkylation sites (tertiary alicyclic amines) is 1. The Morgan fingerprint density at radius 2 is 2.23 bits per heavy atom. The lowest BCUT2D eigenvalue weighted by Gasteiger charge is -2.33. The van der Waals surface area contributed by atoms with Crippen LogP contribution in [0.3, 0.4) is 0 Å². The van der Waals surface area contributed by atoms with Gasteiger partial charge in [-0.1, -0.05) is 0 Å². The third kappa shape index (κ3) is 3.66. The number of benzene rings is 1. The van der Waals surface area contributed by atoms with E-state index in [4.69, 9.17) is 9.47 Å². The molecule has 0 radical (unpaired) electrons. The van der Waals surface area contributed by atoms with Crippen LogP contribution in [0.1, 0.15) is 26.2 Å². The first-order chi connectivity index (χ1) is 10.5. The van der Waals surface area contributed by atoms with Crippen molar-refractivity contribution in [2.45, 2.75) is 32.2 Å². The van der Waals surface area contributed by atoms with Crippen LogP contribution in [0.4, 0.5) is 5.69 Å². The Balaban J connectivity index is 2.04. The normalized spacial score (nSPS) is 17.9. The summed E-state index contributed by atoms with van der Waals surface area (Å²) in [5, 5.41) is 11.1. The zero-order chi connectivity index (χ0) is 16.1. The quantitative estimate of drug-likeness (QED) is 0.616. The van der Waals surface area contributed by atoms with Gasteiger partial charge in [-0.05, 0) is 38.3 Å². The molecule has 7 heteroatoms. The van der Waals surface area contributed by atoms with E-state index >= 15 is 0 Å². The van der Waals surface area contributed by atoms with Gasteiger partial charge >= 0.3 is 5.69 Å². The molecule has 1 fully saturated rings. The second-order valence-electron chi connectivity index (χ2n) is 5.31. The lowest BCUT2D eigenvalue weighted by atomic mass is 10.0. The molecule has 0 aliphatic carbocycles. The summed E-state index contributed by atoms with van der Waals surface area (Å²) in [6, 6.07) is 4.49. The van der Waals surface area contributed by atoms with Gasteiger partial charge in [0.2, 0.25) is 0 Å². The zero-order valence-corrected chi connectivity index (χ0v) is 12.8. The van der Waals surface area contributed by atoms with E-state index in [0.29, 0.717) is 12.3 Å². The Labute approximate surface area is 129 Å². The van der Waals surface area contributed by atoms with E-state index in [1.54, 1.807) is 11.0 Å². The maximum atomic E-state index is 12.2. The molecule has 1 aromatic carbocycles. The Morgan fingerprint density at radius 3 is 2.86 bits per heavy atom. The Hall–Kier alpha value is -2.31. The fraction of sp³-hybridized carbons (Fsp3) is 0.533. The van der Waals surface area contributed by atoms with Crippen LogP contribution in [-0.2, 0) is 4.79 Å². The first-order valence-electron chi connectivity index (χ1n) is 7.27. The summed E-state index contributed by atoms with van der Waals surface area (Å²) in [6.45, 7) is 2.53. The third-order valence-electron chi connectivity index (χ3n) is 3.84. The van der Waals surface area contributed by atoms with Crippen molar-refractivity contribution in [3.8, 4) is 11.5 Å². The van der Waals surface area contributed by atoms with Gasteiger partial charge in [0.1, 0.15) is 5.75 Å². The van der Waals surface area contributed by atoms with Crippen LogP contribution < -0.4 is 9.47 Å². The highest BCUT2D eigenvalue weighted by molar-refractivity contribution is 5.78. The van der Waals surface area contributed by atoms with Crippen LogP contribution in [0.5, 0.6) is 11.5 Å². The van der Waals surface area contributed by atoms with Crippen LogP contribution in [0, 0.1) is 10.1 Å². The lowest BCUT2D eigenvalue weighted by Crippen LogP contribution is -2.44. The molecule has 1 aliphatic heterocycles. The molecule has 1 heterocycles. The molecule has 1 saturated heterocycles. The van der Waals surface area contributed by atoms with Crippen molar-refractivity contribution in [2.75, 3.05) is 20.3 Å². The fourth-order valence-electron chi connectivity index (χ4n) is 2.58. The number of nitro benzene ring substituents is 1. The van der Waals surface area contributed by atoms with E-state index < -0.39 is 4.92 Å². The second-order valence-corrected chi connectivity index (χ2v) is 5.31. The average Bonchev–Trinajstić information content (AvgIpc) is 2.52. The standard InChI is InChI=1S/C15H20N2O5/c1-11-5-3-4-8-16(11)15(18)10-22-14-7-6-12(21-2)9-13(14)17(19)20/h6-7,9,11H,3-5,8,10H2,1-2H3/t11-/m0/s1. The molecular weight excluding hydrogens is 288 g/mol. The van der Waals surface area contributed by atoms with Crippen LogP contribution in [-0.4, -0.2) is 42.0 Å². The number of ether oxygens (including phenoxy) is 2. The summed E-state index contributed by atoms with van der Waals surface area (Å²) < 4.78 is 10.3. The highest BCUT2D eigenvalue weighted by Crippen LogP contribution is 2.31.